The number of ether oxygens (including phenoxy) is 1. The summed E-state index contributed by atoms with van der Waals surface area (Å²) in [5, 5.41) is 0. The maximum Gasteiger partial charge on any atom is 0.0829 e. The molecule has 0 saturated carbocycles. The summed E-state index contributed by atoms with van der Waals surface area (Å²) < 4.78 is 5.64. The number of rotatable bonds is 4. The second-order valence-electron chi connectivity index (χ2n) is 3.81. The van der Waals surface area contributed by atoms with Gasteiger partial charge in [0.1, 0.15) is 0 Å². The van der Waals surface area contributed by atoms with Gasteiger partial charge in [0.05, 0.1) is 12.7 Å². The van der Waals surface area contributed by atoms with E-state index in [9.17, 15) is 0 Å². The standard InChI is InChI=1S/C9H21N3O/c1-11(4-3-10)7-9-8-12(2)5-6-13-9/h9H,3-8,10H2,1-2H3. The van der Waals surface area contributed by atoms with E-state index in [-0.39, 0.29) is 0 Å². The first-order chi connectivity index (χ1) is 6.22. The van der Waals surface area contributed by atoms with Gasteiger partial charge in [-0.3, -0.25) is 0 Å². The van der Waals surface area contributed by atoms with Gasteiger partial charge in [0.2, 0.25) is 0 Å². The summed E-state index contributed by atoms with van der Waals surface area (Å²) in [6, 6.07) is 0. The van der Waals surface area contributed by atoms with Gasteiger partial charge in [0.25, 0.3) is 0 Å². The number of hydrogen-bond acceptors (Lipinski definition) is 4. The molecule has 1 aliphatic rings. The van der Waals surface area contributed by atoms with Crippen LogP contribution in [0.4, 0.5) is 0 Å². The van der Waals surface area contributed by atoms with Crippen LogP contribution in [-0.2, 0) is 4.74 Å². The lowest BCUT2D eigenvalue weighted by molar-refractivity contribution is -0.0321. The van der Waals surface area contributed by atoms with Gasteiger partial charge in [-0.2, -0.15) is 0 Å². The Kier molecular flexibility index (Phi) is 4.66. The topological polar surface area (TPSA) is 41.7 Å². The Morgan fingerprint density at radius 2 is 2.38 bits per heavy atom. The van der Waals surface area contributed by atoms with E-state index in [1.807, 2.05) is 0 Å². The maximum absolute atomic E-state index is 5.64. The molecular formula is C9H21N3O. The third-order valence-electron chi connectivity index (χ3n) is 2.37. The van der Waals surface area contributed by atoms with Gasteiger partial charge >= 0.3 is 0 Å². The van der Waals surface area contributed by atoms with E-state index in [1.165, 1.54) is 0 Å². The molecule has 0 aromatic heterocycles. The van der Waals surface area contributed by atoms with Crippen molar-refractivity contribution in [1.82, 2.24) is 9.80 Å². The molecule has 1 atom stereocenters. The molecule has 1 saturated heterocycles. The Labute approximate surface area is 80.6 Å². The molecule has 4 nitrogen and oxygen atoms in total. The molecule has 1 aliphatic heterocycles. The van der Waals surface area contributed by atoms with Crippen LogP contribution in [0.15, 0.2) is 0 Å². The summed E-state index contributed by atoms with van der Waals surface area (Å²) >= 11 is 0. The highest BCUT2D eigenvalue weighted by Gasteiger charge is 2.18. The summed E-state index contributed by atoms with van der Waals surface area (Å²) in [6.45, 7) is 5.60. The van der Waals surface area contributed by atoms with Gasteiger partial charge in [0, 0.05) is 32.7 Å². The molecule has 1 heterocycles. The highest BCUT2D eigenvalue weighted by atomic mass is 16.5. The van der Waals surface area contributed by atoms with Crippen LogP contribution in [0.3, 0.4) is 0 Å². The molecule has 0 aliphatic carbocycles. The maximum atomic E-state index is 5.64. The molecule has 0 radical (unpaired) electrons. The number of nitrogens with zero attached hydrogens (tertiary/aromatic N) is 2. The zero-order valence-electron chi connectivity index (χ0n) is 8.70. The molecule has 1 rings (SSSR count). The van der Waals surface area contributed by atoms with Crippen LogP contribution in [-0.4, -0.2) is 69.3 Å². The van der Waals surface area contributed by atoms with E-state index in [4.69, 9.17) is 10.5 Å². The molecule has 0 aromatic rings. The molecule has 1 fully saturated rings. The van der Waals surface area contributed by atoms with Crippen molar-refractivity contribution in [3.63, 3.8) is 0 Å². The number of nitrogens with two attached hydrogens (primary N) is 1. The predicted octanol–water partition coefficient (Wildman–Crippen LogP) is -0.792. The van der Waals surface area contributed by atoms with Crippen LogP contribution in [0.1, 0.15) is 0 Å². The van der Waals surface area contributed by atoms with Crippen molar-refractivity contribution in [2.75, 3.05) is 53.4 Å². The van der Waals surface area contributed by atoms with E-state index in [0.29, 0.717) is 6.10 Å². The van der Waals surface area contributed by atoms with E-state index >= 15 is 0 Å². The first kappa shape index (κ1) is 10.9. The minimum Gasteiger partial charge on any atom is -0.374 e. The van der Waals surface area contributed by atoms with Crippen LogP contribution < -0.4 is 5.73 Å². The Hall–Kier alpha value is -0.160. The van der Waals surface area contributed by atoms with Crippen molar-refractivity contribution in [2.45, 2.75) is 6.10 Å². The van der Waals surface area contributed by atoms with E-state index in [1.54, 1.807) is 0 Å². The monoisotopic (exact) mass is 187 g/mol. The lowest BCUT2D eigenvalue weighted by Gasteiger charge is -2.32. The molecule has 2 N–H and O–H groups in total. The van der Waals surface area contributed by atoms with Crippen LogP contribution in [0.5, 0.6) is 0 Å². The highest BCUT2D eigenvalue weighted by molar-refractivity contribution is 4.71. The van der Waals surface area contributed by atoms with Crippen LogP contribution in [0.25, 0.3) is 0 Å². The summed E-state index contributed by atoms with van der Waals surface area (Å²) in [7, 11) is 4.23. The van der Waals surface area contributed by atoms with Crippen molar-refractivity contribution >= 4 is 0 Å². The van der Waals surface area contributed by atoms with Crippen molar-refractivity contribution in [2.24, 2.45) is 5.73 Å². The van der Waals surface area contributed by atoms with Crippen molar-refractivity contribution in [1.29, 1.82) is 0 Å². The van der Waals surface area contributed by atoms with Crippen molar-refractivity contribution < 1.29 is 4.74 Å². The van der Waals surface area contributed by atoms with Gasteiger partial charge in [-0.15, -0.1) is 0 Å². The lowest BCUT2D eigenvalue weighted by Crippen LogP contribution is -2.45. The molecule has 13 heavy (non-hydrogen) atoms. The van der Waals surface area contributed by atoms with Crippen LogP contribution >= 0.6 is 0 Å². The minimum atomic E-state index is 0.357. The van der Waals surface area contributed by atoms with Crippen LogP contribution in [0, 0.1) is 0 Å². The highest BCUT2D eigenvalue weighted by Crippen LogP contribution is 2.03. The normalized spacial score (nSPS) is 25.4. The number of likely N-dealkylation sites (N-methyl/N-ethyl adjacent to an activating group) is 2. The second kappa shape index (κ2) is 5.54. The molecule has 1 unspecified atom stereocenters. The van der Waals surface area contributed by atoms with E-state index in [2.05, 4.69) is 23.9 Å². The first-order valence-corrected chi connectivity index (χ1v) is 4.91. The second-order valence-corrected chi connectivity index (χ2v) is 3.81. The molecule has 0 aromatic carbocycles. The average Bonchev–Trinajstić information content (AvgIpc) is 2.04. The molecule has 0 bridgehead atoms. The number of morpholine rings is 1. The Bertz CT molecular complexity index is 143. The van der Waals surface area contributed by atoms with Crippen molar-refractivity contribution in [3.05, 3.63) is 0 Å². The quantitative estimate of drug-likeness (QED) is 0.626. The smallest absolute Gasteiger partial charge is 0.0829 e. The summed E-state index contributed by atoms with van der Waals surface area (Å²) in [5.41, 5.74) is 5.47. The van der Waals surface area contributed by atoms with Gasteiger partial charge in [-0.05, 0) is 14.1 Å². The van der Waals surface area contributed by atoms with E-state index in [0.717, 1.165) is 39.3 Å². The fourth-order valence-corrected chi connectivity index (χ4v) is 1.64. The van der Waals surface area contributed by atoms with Crippen molar-refractivity contribution in [3.8, 4) is 0 Å². The predicted molar refractivity (Wildman–Crippen MR) is 53.8 cm³/mol. The summed E-state index contributed by atoms with van der Waals surface area (Å²) in [6.07, 6.45) is 0.357. The van der Waals surface area contributed by atoms with Gasteiger partial charge in [-0.25, -0.2) is 0 Å². The molecule has 78 valence electrons. The average molecular weight is 187 g/mol. The molecular weight excluding hydrogens is 166 g/mol. The summed E-state index contributed by atoms with van der Waals surface area (Å²) in [5.74, 6) is 0. The zero-order chi connectivity index (χ0) is 9.68. The minimum absolute atomic E-state index is 0.357. The van der Waals surface area contributed by atoms with E-state index < -0.39 is 0 Å². The first-order valence-electron chi connectivity index (χ1n) is 4.91. The third kappa shape index (κ3) is 4.04. The summed E-state index contributed by atoms with van der Waals surface area (Å²) in [4.78, 5) is 4.54. The van der Waals surface area contributed by atoms with Crippen LogP contribution in [0.2, 0.25) is 0 Å². The fourth-order valence-electron chi connectivity index (χ4n) is 1.64. The molecule has 4 heteroatoms. The fraction of sp³-hybridized carbons (Fsp3) is 1.00. The Morgan fingerprint density at radius 1 is 1.62 bits per heavy atom. The zero-order valence-corrected chi connectivity index (χ0v) is 8.70. The lowest BCUT2D eigenvalue weighted by atomic mass is 10.2. The Morgan fingerprint density at radius 3 is 3.00 bits per heavy atom. The third-order valence-corrected chi connectivity index (χ3v) is 2.37. The Balaban J connectivity index is 2.19. The van der Waals surface area contributed by atoms with Gasteiger partial charge < -0.3 is 20.3 Å². The molecule has 0 spiro atoms. The van der Waals surface area contributed by atoms with Gasteiger partial charge in [-0.1, -0.05) is 0 Å². The number of hydrogen-bond donors (Lipinski definition) is 1. The van der Waals surface area contributed by atoms with Gasteiger partial charge in [0.15, 0.2) is 0 Å². The SMILES string of the molecule is CN(CCN)CC1CN(C)CCO1. The molecule has 0 amide bonds. The largest absolute Gasteiger partial charge is 0.374 e.